The Kier molecular flexibility index (Phi) is 4.12. The highest BCUT2D eigenvalue weighted by Gasteiger charge is 2.02. The molecule has 0 saturated heterocycles. The zero-order valence-corrected chi connectivity index (χ0v) is 11.4. The number of nitrogen functional groups attached to an aromatic ring is 1. The number of hydrogen-bond donors (Lipinski definition) is 2. The van der Waals surface area contributed by atoms with Crippen LogP contribution in [0, 0.1) is 6.92 Å². The summed E-state index contributed by atoms with van der Waals surface area (Å²) in [6.45, 7) is 1.98. The van der Waals surface area contributed by atoms with Gasteiger partial charge in [0.1, 0.15) is 0 Å². The first-order valence-corrected chi connectivity index (χ1v) is 6.71. The van der Waals surface area contributed by atoms with Crippen LogP contribution in [0.3, 0.4) is 0 Å². The van der Waals surface area contributed by atoms with Crippen molar-refractivity contribution in [2.24, 2.45) is 0 Å². The van der Waals surface area contributed by atoms with Crippen molar-refractivity contribution >= 4 is 23.4 Å². The van der Waals surface area contributed by atoms with Crippen molar-refractivity contribution in [3.05, 3.63) is 53.6 Å². The van der Waals surface area contributed by atoms with Crippen molar-refractivity contribution < 1.29 is 9.90 Å². The maximum absolute atomic E-state index is 10.6. The van der Waals surface area contributed by atoms with E-state index >= 15 is 0 Å². The highest BCUT2D eigenvalue weighted by molar-refractivity contribution is 7.99. The van der Waals surface area contributed by atoms with Gasteiger partial charge in [0.05, 0.1) is 6.42 Å². The van der Waals surface area contributed by atoms with Gasteiger partial charge in [-0.25, -0.2) is 0 Å². The lowest BCUT2D eigenvalue weighted by Gasteiger charge is -2.05. The van der Waals surface area contributed by atoms with Gasteiger partial charge in [-0.3, -0.25) is 4.79 Å². The van der Waals surface area contributed by atoms with Gasteiger partial charge < -0.3 is 10.8 Å². The first kappa shape index (κ1) is 13.5. The predicted octanol–water partition coefficient (Wildman–Crippen LogP) is 3.36. The topological polar surface area (TPSA) is 63.3 Å². The molecule has 0 radical (unpaired) electrons. The van der Waals surface area contributed by atoms with Gasteiger partial charge >= 0.3 is 5.97 Å². The van der Waals surface area contributed by atoms with Crippen LogP contribution in [-0.2, 0) is 11.2 Å². The van der Waals surface area contributed by atoms with Crippen LogP contribution in [0.5, 0.6) is 0 Å². The summed E-state index contributed by atoms with van der Waals surface area (Å²) in [6.07, 6.45) is 0.0614. The van der Waals surface area contributed by atoms with Crippen molar-refractivity contribution in [2.75, 3.05) is 5.73 Å². The number of nitrogens with two attached hydrogens (primary N) is 1. The number of rotatable bonds is 4. The number of carbonyl (C=O) groups is 1. The van der Waals surface area contributed by atoms with E-state index in [1.54, 1.807) is 11.8 Å². The molecule has 0 amide bonds. The largest absolute Gasteiger partial charge is 0.481 e. The van der Waals surface area contributed by atoms with E-state index in [9.17, 15) is 4.79 Å². The van der Waals surface area contributed by atoms with E-state index in [0.717, 1.165) is 26.6 Å². The summed E-state index contributed by atoms with van der Waals surface area (Å²) >= 11 is 1.64. The highest BCUT2D eigenvalue weighted by Crippen LogP contribution is 2.29. The van der Waals surface area contributed by atoms with E-state index in [4.69, 9.17) is 10.8 Å². The Morgan fingerprint density at radius 1 is 1.16 bits per heavy atom. The molecule has 0 aliphatic heterocycles. The van der Waals surface area contributed by atoms with Gasteiger partial charge in [0.2, 0.25) is 0 Å². The van der Waals surface area contributed by atoms with Crippen molar-refractivity contribution in [1.29, 1.82) is 0 Å². The second kappa shape index (κ2) is 5.80. The normalized spacial score (nSPS) is 10.4. The van der Waals surface area contributed by atoms with Crippen molar-refractivity contribution in [2.45, 2.75) is 23.1 Å². The van der Waals surface area contributed by atoms with E-state index in [-0.39, 0.29) is 6.42 Å². The fourth-order valence-electron chi connectivity index (χ4n) is 1.70. The Morgan fingerprint density at radius 3 is 2.37 bits per heavy atom. The molecule has 0 saturated carbocycles. The van der Waals surface area contributed by atoms with Gasteiger partial charge in [0, 0.05) is 15.5 Å². The fraction of sp³-hybridized carbons (Fsp3) is 0.133. The summed E-state index contributed by atoms with van der Waals surface area (Å²) in [5.41, 5.74) is 8.45. The van der Waals surface area contributed by atoms with E-state index in [2.05, 4.69) is 0 Å². The van der Waals surface area contributed by atoms with E-state index in [1.165, 1.54) is 0 Å². The molecule has 2 rings (SSSR count). The molecule has 0 spiro atoms. The Morgan fingerprint density at radius 2 is 1.79 bits per heavy atom. The second-order valence-corrected chi connectivity index (χ2v) is 5.48. The first-order chi connectivity index (χ1) is 9.04. The third-order valence-electron chi connectivity index (χ3n) is 2.76. The van der Waals surface area contributed by atoms with Crippen molar-refractivity contribution in [1.82, 2.24) is 0 Å². The number of benzene rings is 2. The molecule has 0 bridgehead atoms. The van der Waals surface area contributed by atoms with Gasteiger partial charge in [-0.15, -0.1) is 0 Å². The molecule has 0 aliphatic rings. The van der Waals surface area contributed by atoms with Crippen LogP contribution in [0.4, 0.5) is 5.69 Å². The molecule has 0 aromatic heterocycles. The average Bonchev–Trinajstić information content (AvgIpc) is 2.36. The van der Waals surface area contributed by atoms with E-state index in [1.807, 2.05) is 49.4 Å². The molecule has 2 aromatic rings. The molecule has 3 N–H and O–H groups in total. The molecule has 0 unspecified atom stereocenters. The number of carboxylic acids is 1. The summed E-state index contributed by atoms with van der Waals surface area (Å²) in [5.74, 6) is -0.811. The maximum atomic E-state index is 10.6. The first-order valence-electron chi connectivity index (χ1n) is 5.89. The molecule has 19 heavy (non-hydrogen) atoms. The van der Waals surface area contributed by atoms with Crippen molar-refractivity contribution in [3.8, 4) is 0 Å². The van der Waals surface area contributed by atoms with Crippen LogP contribution in [0.15, 0.2) is 52.3 Å². The number of aryl methyl sites for hydroxylation is 1. The Balaban J connectivity index is 2.10. The summed E-state index contributed by atoms with van der Waals surface area (Å²) in [7, 11) is 0. The minimum Gasteiger partial charge on any atom is -0.481 e. The van der Waals surface area contributed by atoms with Crippen LogP contribution < -0.4 is 5.73 Å². The standard InChI is InChI=1S/C15H15NO2S/c1-10-8-13(6-7-14(10)16)19-12-4-2-11(3-5-12)9-15(17)18/h2-8H,9,16H2,1H3,(H,17,18). The Hall–Kier alpha value is -1.94. The molecule has 4 heteroatoms. The molecule has 0 heterocycles. The second-order valence-electron chi connectivity index (χ2n) is 4.33. The molecule has 3 nitrogen and oxygen atoms in total. The lowest BCUT2D eigenvalue weighted by atomic mass is 10.2. The van der Waals surface area contributed by atoms with Crippen LogP contribution in [0.2, 0.25) is 0 Å². The molecular weight excluding hydrogens is 258 g/mol. The lowest BCUT2D eigenvalue weighted by Crippen LogP contribution is -1.99. The van der Waals surface area contributed by atoms with Crippen LogP contribution in [-0.4, -0.2) is 11.1 Å². The number of hydrogen-bond acceptors (Lipinski definition) is 3. The monoisotopic (exact) mass is 273 g/mol. The van der Waals surface area contributed by atoms with E-state index < -0.39 is 5.97 Å². The number of aliphatic carboxylic acids is 1. The number of carboxylic acid groups (broad SMARTS) is 1. The zero-order chi connectivity index (χ0) is 13.8. The molecular formula is C15H15NO2S. The van der Waals surface area contributed by atoms with Crippen LogP contribution in [0.25, 0.3) is 0 Å². The highest BCUT2D eigenvalue weighted by atomic mass is 32.2. The van der Waals surface area contributed by atoms with Crippen LogP contribution in [0.1, 0.15) is 11.1 Å². The Bertz CT molecular complexity index is 594. The minimum atomic E-state index is -0.811. The number of anilines is 1. The lowest BCUT2D eigenvalue weighted by molar-refractivity contribution is -0.136. The SMILES string of the molecule is Cc1cc(Sc2ccc(CC(=O)O)cc2)ccc1N. The van der Waals surface area contributed by atoms with Gasteiger partial charge in [0.15, 0.2) is 0 Å². The third kappa shape index (κ3) is 3.76. The molecule has 0 aliphatic carbocycles. The predicted molar refractivity (Wildman–Crippen MR) is 77.5 cm³/mol. The molecule has 98 valence electrons. The minimum absolute atomic E-state index is 0.0614. The summed E-state index contributed by atoms with van der Waals surface area (Å²) in [4.78, 5) is 12.8. The van der Waals surface area contributed by atoms with Gasteiger partial charge in [0.25, 0.3) is 0 Å². The average molecular weight is 273 g/mol. The van der Waals surface area contributed by atoms with Crippen LogP contribution >= 0.6 is 11.8 Å². The summed E-state index contributed by atoms with van der Waals surface area (Å²) < 4.78 is 0. The van der Waals surface area contributed by atoms with E-state index in [0.29, 0.717) is 0 Å². The summed E-state index contributed by atoms with van der Waals surface area (Å²) in [6, 6.07) is 13.5. The van der Waals surface area contributed by atoms with Gasteiger partial charge in [-0.05, 0) is 48.4 Å². The van der Waals surface area contributed by atoms with Crippen molar-refractivity contribution in [3.63, 3.8) is 0 Å². The fourth-order valence-corrected chi connectivity index (χ4v) is 2.61. The third-order valence-corrected chi connectivity index (χ3v) is 3.75. The van der Waals surface area contributed by atoms with Gasteiger partial charge in [-0.1, -0.05) is 23.9 Å². The smallest absolute Gasteiger partial charge is 0.307 e. The quantitative estimate of drug-likeness (QED) is 0.838. The maximum Gasteiger partial charge on any atom is 0.307 e. The Labute approximate surface area is 116 Å². The summed E-state index contributed by atoms with van der Waals surface area (Å²) in [5, 5.41) is 8.71. The zero-order valence-electron chi connectivity index (χ0n) is 10.6. The molecule has 0 fully saturated rings. The molecule has 2 aromatic carbocycles. The van der Waals surface area contributed by atoms with Gasteiger partial charge in [-0.2, -0.15) is 0 Å². The molecule has 0 atom stereocenters.